The molecule has 17 heavy (non-hydrogen) atoms. The van der Waals surface area contributed by atoms with Crippen molar-refractivity contribution in [3.05, 3.63) is 0 Å². The Labute approximate surface area is 105 Å². The molecule has 0 aliphatic heterocycles. The number of rotatable bonds is 5. The van der Waals surface area contributed by atoms with E-state index in [1.807, 2.05) is 0 Å². The molecular weight excluding hydrogens is 238 g/mol. The number of hydrogen-bond donors (Lipinski definition) is 2. The van der Waals surface area contributed by atoms with Gasteiger partial charge < -0.3 is 5.73 Å². The molecule has 0 aromatic carbocycles. The van der Waals surface area contributed by atoms with E-state index >= 15 is 0 Å². The first-order valence-corrected chi connectivity index (χ1v) is 8.11. The molecule has 0 bridgehead atoms. The summed E-state index contributed by atoms with van der Waals surface area (Å²) in [4.78, 5) is 0. The molecule has 4 nitrogen and oxygen atoms in total. The summed E-state index contributed by atoms with van der Waals surface area (Å²) in [5.74, 6) is 1.85. The van der Waals surface area contributed by atoms with E-state index in [2.05, 4.69) is 13.8 Å². The average Bonchev–Trinajstić information content (AvgIpc) is 2.23. The van der Waals surface area contributed by atoms with Gasteiger partial charge in [-0.1, -0.05) is 26.7 Å². The maximum Gasteiger partial charge on any atom is 0.264 e. The Hall–Kier alpha value is -0.130. The van der Waals surface area contributed by atoms with Gasteiger partial charge in [0.15, 0.2) is 0 Å². The maximum atomic E-state index is 10.8. The fourth-order valence-corrected chi connectivity index (χ4v) is 3.70. The second-order valence-corrected chi connectivity index (χ2v) is 7.07. The second-order valence-electron chi connectivity index (χ2n) is 5.50. The maximum absolute atomic E-state index is 10.8. The highest BCUT2D eigenvalue weighted by molar-refractivity contribution is 7.85. The van der Waals surface area contributed by atoms with Crippen LogP contribution < -0.4 is 5.73 Å². The molecule has 0 saturated heterocycles. The zero-order valence-corrected chi connectivity index (χ0v) is 11.6. The van der Waals surface area contributed by atoms with E-state index in [9.17, 15) is 8.42 Å². The summed E-state index contributed by atoms with van der Waals surface area (Å²) < 4.78 is 30.4. The predicted molar refractivity (Wildman–Crippen MR) is 69.2 cm³/mol. The first-order valence-electron chi connectivity index (χ1n) is 6.50. The van der Waals surface area contributed by atoms with E-state index in [0.717, 1.165) is 6.42 Å². The number of nitrogens with two attached hydrogens (primary N) is 1. The molecule has 3 N–H and O–H groups in total. The van der Waals surface area contributed by atoms with Crippen LogP contribution in [0.1, 0.15) is 39.5 Å². The lowest BCUT2D eigenvalue weighted by atomic mass is 9.68. The van der Waals surface area contributed by atoms with E-state index in [0.29, 0.717) is 30.7 Å². The first-order chi connectivity index (χ1) is 7.85. The lowest BCUT2D eigenvalue weighted by Crippen LogP contribution is -2.35. The first kappa shape index (κ1) is 14.9. The van der Waals surface area contributed by atoms with Crippen molar-refractivity contribution in [2.45, 2.75) is 39.5 Å². The molecule has 5 heteroatoms. The van der Waals surface area contributed by atoms with Crippen molar-refractivity contribution in [1.29, 1.82) is 0 Å². The van der Waals surface area contributed by atoms with E-state index in [1.165, 1.54) is 12.8 Å². The van der Waals surface area contributed by atoms with Crippen LogP contribution in [-0.2, 0) is 10.1 Å². The summed E-state index contributed by atoms with van der Waals surface area (Å²) in [5.41, 5.74) is 5.76. The standard InChI is InChI=1S/C12H25NO3S/c1-9-4-3-5-12(10(9)2)11(8-13)6-7-17(14,15)16/h9-12H,3-8,13H2,1-2H3,(H,14,15,16). The van der Waals surface area contributed by atoms with Crippen molar-refractivity contribution in [3.63, 3.8) is 0 Å². The van der Waals surface area contributed by atoms with Crippen molar-refractivity contribution in [1.82, 2.24) is 0 Å². The van der Waals surface area contributed by atoms with Crippen LogP contribution in [0.5, 0.6) is 0 Å². The molecule has 0 aromatic rings. The molecule has 102 valence electrons. The molecule has 0 aromatic heterocycles. The third-order valence-electron chi connectivity index (χ3n) is 4.42. The highest BCUT2D eigenvalue weighted by Gasteiger charge is 2.32. The molecule has 1 saturated carbocycles. The molecule has 0 heterocycles. The van der Waals surface area contributed by atoms with Crippen molar-refractivity contribution in [3.8, 4) is 0 Å². The van der Waals surface area contributed by atoms with Crippen LogP contribution in [0.25, 0.3) is 0 Å². The molecule has 0 spiro atoms. The van der Waals surface area contributed by atoms with E-state index < -0.39 is 10.1 Å². The van der Waals surface area contributed by atoms with Crippen LogP contribution in [0.4, 0.5) is 0 Å². The summed E-state index contributed by atoms with van der Waals surface area (Å²) in [5, 5.41) is 0. The zero-order chi connectivity index (χ0) is 13.1. The number of hydrogen-bond acceptors (Lipinski definition) is 3. The molecule has 1 rings (SSSR count). The third kappa shape index (κ3) is 4.56. The topological polar surface area (TPSA) is 80.4 Å². The quantitative estimate of drug-likeness (QED) is 0.742. The minimum Gasteiger partial charge on any atom is -0.330 e. The second kappa shape index (κ2) is 6.16. The van der Waals surface area contributed by atoms with Crippen LogP contribution in [-0.4, -0.2) is 25.3 Å². The van der Waals surface area contributed by atoms with Crippen molar-refractivity contribution < 1.29 is 13.0 Å². The summed E-state index contributed by atoms with van der Waals surface area (Å²) in [6, 6.07) is 0. The Morgan fingerprint density at radius 3 is 2.53 bits per heavy atom. The van der Waals surface area contributed by atoms with Gasteiger partial charge in [-0.25, -0.2) is 0 Å². The van der Waals surface area contributed by atoms with Gasteiger partial charge in [-0.05, 0) is 43.1 Å². The summed E-state index contributed by atoms with van der Waals surface area (Å²) in [7, 11) is -3.85. The molecular formula is C12H25NO3S. The third-order valence-corrected chi connectivity index (χ3v) is 5.18. The lowest BCUT2D eigenvalue weighted by Gasteiger charge is -2.38. The van der Waals surface area contributed by atoms with Gasteiger partial charge in [0.2, 0.25) is 0 Å². The summed E-state index contributed by atoms with van der Waals surface area (Å²) in [6.45, 7) is 5.01. The molecule has 1 aliphatic rings. The Balaban J connectivity index is 2.60. The highest BCUT2D eigenvalue weighted by Crippen LogP contribution is 2.39. The molecule has 1 aliphatic carbocycles. The van der Waals surface area contributed by atoms with Crippen LogP contribution in [0.15, 0.2) is 0 Å². The molecule has 0 amide bonds. The normalized spacial score (nSPS) is 32.4. The fourth-order valence-electron chi connectivity index (χ4n) is 3.10. The molecule has 0 radical (unpaired) electrons. The predicted octanol–water partition coefficient (Wildman–Crippen LogP) is 1.91. The van der Waals surface area contributed by atoms with Gasteiger partial charge >= 0.3 is 0 Å². The fraction of sp³-hybridized carbons (Fsp3) is 1.00. The van der Waals surface area contributed by atoms with Gasteiger partial charge in [0, 0.05) is 0 Å². The van der Waals surface area contributed by atoms with Crippen molar-refractivity contribution in [2.24, 2.45) is 29.4 Å². The van der Waals surface area contributed by atoms with Gasteiger partial charge in [0.05, 0.1) is 5.75 Å². The Kier molecular flexibility index (Phi) is 5.41. The van der Waals surface area contributed by atoms with Crippen LogP contribution in [0.3, 0.4) is 0 Å². The minimum atomic E-state index is -3.85. The van der Waals surface area contributed by atoms with E-state index in [-0.39, 0.29) is 11.7 Å². The van der Waals surface area contributed by atoms with Crippen LogP contribution >= 0.6 is 0 Å². The van der Waals surface area contributed by atoms with Crippen LogP contribution in [0.2, 0.25) is 0 Å². The monoisotopic (exact) mass is 263 g/mol. The van der Waals surface area contributed by atoms with E-state index in [1.54, 1.807) is 0 Å². The Bertz CT molecular complexity index is 329. The average molecular weight is 263 g/mol. The molecule has 1 fully saturated rings. The van der Waals surface area contributed by atoms with Gasteiger partial charge in [-0.2, -0.15) is 8.42 Å². The smallest absolute Gasteiger partial charge is 0.264 e. The zero-order valence-electron chi connectivity index (χ0n) is 10.8. The van der Waals surface area contributed by atoms with E-state index in [4.69, 9.17) is 10.3 Å². The van der Waals surface area contributed by atoms with Gasteiger partial charge in [-0.15, -0.1) is 0 Å². The molecule has 4 unspecified atom stereocenters. The van der Waals surface area contributed by atoms with Crippen molar-refractivity contribution in [2.75, 3.05) is 12.3 Å². The molecule has 4 atom stereocenters. The van der Waals surface area contributed by atoms with Crippen LogP contribution in [0, 0.1) is 23.7 Å². The minimum absolute atomic E-state index is 0.160. The summed E-state index contributed by atoms with van der Waals surface area (Å²) >= 11 is 0. The Morgan fingerprint density at radius 1 is 1.35 bits per heavy atom. The van der Waals surface area contributed by atoms with Gasteiger partial charge in [-0.3, -0.25) is 4.55 Å². The van der Waals surface area contributed by atoms with Gasteiger partial charge in [0.1, 0.15) is 0 Å². The largest absolute Gasteiger partial charge is 0.330 e. The summed E-state index contributed by atoms with van der Waals surface area (Å²) in [6.07, 6.45) is 4.09. The van der Waals surface area contributed by atoms with Crippen molar-refractivity contribution >= 4 is 10.1 Å². The van der Waals surface area contributed by atoms with Gasteiger partial charge in [0.25, 0.3) is 10.1 Å². The Morgan fingerprint density at radius 2 is 2.00 bits per heavy atom. The highest BCUT2D eigenvalue weighted by atomic mass is 32.2. The lowest BCUT2D eigenvalue weighted by molar-refractivity contribution is 0.124. The SMILES string of the molecule is CC1CCCC(C(CN)CCS(=O)(=O)O)C1C.